The van der Waals surface area contributed by atoms with E-state index in [-0.39, 0.29) is 29.8 Å². The first-order valence-electron chi connectivity index (χ1n) is 9.52. The number of amides is 1. The van der Waals surface area contributed by atoms with Crippen molar-refractivity contribution >= 4 is 21.3 Å². The predicted molar refractivity (Wildman–Crippen MR) is 104 cm³/mol. The van der Waals surface area contributed by atoms with Gasteiger partial charge in [0.15, 0.2) is 0 Å². The summed E-state index contributed by atoms with van der Waals surface area (Å²) in [5.41, 5.74) is -4.86. The molecule has 5 rings (SSSR count). The molecule has 13 heteroatoms. The fraction of sp³-hybridized carbons (Fsp3) is 0.400. The van der Waals surface area contributed by atoms with E-state index in [1.807, 2.05) is 0 Å². The third-order valence-corrected chi connectivity index (χ3v) is 7.01. The number of aromatic nitrogens is 1. The first kappa shape index (κ1) is 23.3. The van der Waals surface area contributed by atoms with Gasteiger partial charge in [-0.05, 0) is 24.3 Å². The van der Waals surface area contributed by atoms with Gasteiger partial charge < -0.3 is 10.1 Å². The van der Waals surface area contributed by atoms with Crippen LogP contribution in [0.1, 0.15) is 35.2 Å². The number of ether oxygens (including phenoxy) is 1. The molecule has 2 bridgehead atoms. The SMILES string of the molecule is CS(=N)(=O)c1cccc(NC(=O)c2cc(C(F)(F)F)cnc2OC23CC(C(F)(F)F)(C2)C3)c1. The molecule has 3 fully saturated rings. The second-order valence-electron chi connectivity index (χ2n) is 8.49. The largest absolute Gasteiger partial charge is 0.470 e. The normalized spacial score (nSPS) is 25.9. The lowest BCUT2D eigenvalue weighted by atomic mass is 9.40. The molecule has 0 spiro atoms. The highest BCUT2D eigenvalue weighted by molar-refractivity contribution is 7.91. The average molecular weight is 493 g/mol. The molecule has 1 atom stereocenters. The Morgan fingerprint density at radius 2 is 1.79 bits per heavy atom. The van der Waals surface area contributed by atoms with Crippen LogP contribution < -0.4 is 10.1 Å². The van der Waals surface area contributed by atoms with E-state index in [9.17, 15) is 35.3 Å². The van der Waals surface area contributed by atoms with Crippen molar-refractivity contribution in [2.24, 2.45) is 5.41 Å². The number of benzene rings is 1. The number of carbonyl (C=O) groups excluding carboxylic acids is 1. The third kappa shape index (κ3) is 4.13. The summed E-state index contributed by atoms with van der Waals surface area (Å²) in [7, 11) is -3.12. The van der Waals surface area contributed by atoms with Crippen LogP contribution in [0.2, 0.25) is 0 Å². The van der Waals surface area contributed by atoms with E-state index in [4.69, 9.17) is 9.52 Å². The van der Waals surface area contributed by atoms with Gasteiger partial charge in [-0.2, -0.15) is 26.3 Å². The van der Waals surface area contributed by atoms with E-state index in [0.29, 0.717) is 12.3 Å². The molecule has 1 amide bonds. The number of nitrogens with one attached hydrogen (secondary N) is 2. The second-order valence-corrected chi connectivity index (χ2v) is 10.7. The van der Waals surface area contributed by atoms with Gasteiger partial charge in [0.1, 0.15) is 11.2 Å². The van der Waals surface area contributed by atoms with E-state index in [1.165, 1.54) is 24.3 Å². The quantitative estimate of drug-likeness (QED) is 0.557. The highest BCUT2D eigenvalue weighted by Crippen LogP contribution is 2.74. The number of hydrogen-bond donors (Lipinski definition) is 2. The number of anilines is 1. The van der Waals surface area contributed by atoms with Crippen LogP contribution in [-0.4, -0.2) is 33.1 Å². The van der Waals surface area contributed by atoms with E-state index in [0.717, 1.165) is 6.26 Å². The van der Waals surface area contributed by atoms with Crippen molar-refractivity contribution in [2.75, 3.05) is 11.6 Å². The number of alkyl halides is 6. The van der Waals surface area contributed by atoms with Crippen LogP contribution in [0.5, 0.6) is 5.88 Å². The van der Waals surface area contributed by atoms with Gasteiger partial charge in [0.25, 0.3) is 5.91 Å². The zero-order chi connectivity index (χ0) is 24.4. The molecule has 1 aromatic heterocycles. The molecule has 0 saturated heterocycles. The highest BCUT2D eigenvalue weighted by Gasteiger charge is 2.80. The van der Waals surface area contributed by atoms with Gasteiger partial charge in [0.05, 0.1) is 20.7 Å². The molecule has 1 unspecified atom stereocenters. The molecule has 0 radical (unpaired) electrons. The number of rotatable bonds is 5. The number of halogens is 6. The molecule has 0 aliphatic heterocycles. The van der Waals surface area contributed by atoms with E-state index < -0.39 is 56.0 Å². The lowest BCUT2D eigenvalue weighted by molar-refractivity contribution is -0.374. The Morgan fingerprint density at radius 1 is 1.15 bits per heavy atom. The van der Waals surface area contributed by atoms with Crippen molar-refractivity contribution in [3.63, 3.8) is 0 Å². The summed E-state index contributed by atoms with van der Waals surface area (Å²) >= 11 is 0. The summed E-state index contributed by atoms with van der Waals surface area (Å²) < 4.78 is 104. The fourth-order valence-corrected chi connectivity index (χ4v) is 4.86. The average Bonchev–Trinajstić information content (AvgIpc) is 2.61. The molecule has 3 aliphatic carbocycles. The second kappa shape index (κ2) is 7.08. The zero-order valence-corrected chi connectivity index (χ0v) is 17.7. The molecule has 3 aliphatic rings. The first-order valence-corrected chi connectivity index (χ1v) is 11.5. The molecule has 6 nitrogen and oxygen atoms in total. The monoisotopic (exact) mass is 493 g/mol. The lowest BCUT2D eigenvalue weighted by Crippen LogP contribution is -2.75. The maximum absolute atomic E-state index is 13.2. The summed E-state index contributed by atoms with van der Waals surface area (Å²) in [5.74, 6) is -1.56. The van der Waals surface area contributed by atoms with Gasteiger partial charge in [0, 0.05) is 42.3 Å². The van der Waals surface area contributed by atoms with Crippen molar-refractivity contribution in [2.45, 2.75) is 42.1 Å². The Bertz CT molecular complexity index is 1220. The van der Waals surface area contributed by atoms with Gasteiger partial charge in [-0.1, -0.05) is 6.07 Å². The van der Waals surface area contributed by atoms with Crippen LogP contribution in [0.15, 0.2) is 41.4 Å². The van der Waals surface area contributed by atoms with Crippen LogP contribution >= 0.6 is 0 Å². The predicted octanol–water partition coefficient (Wildman–Crippen LogP) is 5.25. The fourth-order valence-electron chi connectivity index (χ4n) is 4.17. The third-order valence-electron chi connectivity index (χ3n) is 5.86. The van der Waals surface area contributed by atoms with Crippen molar-refractivity contribution in [1.29, 1.82) is 4.78 Å². The van der Waals surface area contributed by atoms with Gasteiger partial charge in [-0.25, -0.2) is 14.0 Å². The summed E-state index contributed by atoms with van der Waals surface area (Å²) in [4.78, 5) is 16.5. The topological polar surface area (TPSA) is 92.1 Å². The van der Waals surface area contributed by atoms with Crippen LogP contribution in [0.4, 0.5) is 32.0 Å². The van der Waals surface area contributed by atoms with E-state index in [2.05, 4.69) is 10.3 Å². The lowest BCUT2D eigenvalue weighted by Gasteiger charge is -2.68. The van der Waals surface area contributed by atoms with Gasteiger partial charge in [-0.15, -0.1) is 0 Å². The number of hydrogen-bond acceptors (Lipinski definition) is 5. The minimum atomic E-state index is -4.82. The van der Waals surface area contributed by atoms with E-state index in [1.54, 1.807) is 0 Å². The summed E-state index contributed by atoms with van der Waals surface area (Å²) in [6.45, 7) is 0. The molecule has 1 heterocycles. The molecule has 178 valence electrons. The van der Waals surface area contributed by atoms with Gasteiger partial charge >= 0.3 is 12.4 Å². The zero-order valence-electron chi connectivity index (χ0n) is 16.9. The van der Waals surface area contributed by atoms with Gasteiger partial charge in [-0.3, -0.25) is 4.79 Å². The Kier molecular flexibility index (Phi) is 5.01. The van der Waals surface area contributed by atoms with Crippen molar-refractivity contribution in [1.82, 2.24) is 4.98 Å². The minimum Gasteiger partial charge on any atom is -0.470 e. The standard InChI is InChI=1S/C20H17F6N3O3S/c1-33(27,31)13-4-2-3-12(6-13)29-15(30)14-5-11(19(21,22)23)7-28-16(14)32-18-8-17(9-18,10-18)20(24,25)26/h2-7,27H,8-10H2,1H3,(H,29,30). The summed E-state index contributed by atoms with van der Waals surface area (Å²) in [6.07, 6.45) is -8.70. The van der Waals surface area contributed by atoms with Crippen LogP contribution in [0, 0.1) is 10.2 Å². The number of nitrogens with zero attached hydrogens (tertiary/aromatic N) is 1. The number of pyridine rings is 1. The molecule has 1 aromatic carbocycles. The molecule has 2 N–H and O–H groups in total. The molecular weight excluding hydrogens is 476 g/mol. The molecular formula is C20H17F6N3O3S. The maximum Gasteiger partial charge on any atom is 0.417 e. The first-order chi connectivity index (χ1) is 15.0. The van der Waals surface area contributed by atoms with Gasteiger partial charge in [0.2, 0.25) is 5.88 Å². The van der Waals surface area contributed by atoms with Crippen LogP contribution in [-0.2, 0) is 15.9 Å². The van der Waals surface area contributed by atoms with Crippen molar-refractivity contribution in [3.05, 3.63) is 47.7 Å². The smallest absolute Gasteiger partial charge is 0.417 e. The molecule has 3 saturated carbocycles. The molecule has 2 aromatic rings. The Labute approximate surface area is 184 Å². The number of carbonyl (C=O) groups is 1. The minimum absolute atomic E-state index is 0.0595. The Hall–Kier alpha value is -2.83. The summed E-state index contributed by atoms with van der Waals surface area (Å²) in [6, 6.07) is 5.93. The Balaban J connectivity index is 1.62. The van der Waals surface area contributed by atoms with E-state index >= 15 is 0 Å². The summed E-state index contributed by atoms with van der Waals surface area (Å²) in [5, 5.41) is 2.34. The van der Waals surface area contributed by atoms with Crippen LogP contribution in [0.3, 0.4) is 0 Å². The Morgan fingerprint density at radius 3 is 2.33 bits per heavy atom. The highest BCUT2D eigenvalue weighted by atomic mass is 32.2. The maximum atomic E-state index is 13.2. The van der Waals surface area contributed by atoms with Crippen molar-refractivity contribution in [3.8, 4) is 5.88 Å². The van der Waals surface area contributed by atoms with Crippen molar-refractivity contribution < 1.29 is 40.1 Å². The van der Waals surface area contributed by atoms with Crippen LogP contribution in [0.25, 0.3) is 0 Å². The molecule has 33 heavy (non-hydrogen) atoms.